The molecular formula is C16H20ClN3O2S. The van der Waals surface area contributed by atoms with E-state index in [1.54, 1.807) is 12.1 Å². The number of carbonyl (C=O) groups excluding carboxylic acids is 1. The zero-order valence-corrected chi connectivity index (χ0v) is 15.2. The molecule has 23 heavy (non-hydrogen) atoms. The van der Waals surface area contributed by atoms with Crippen LogP contribution in [0.3, 0.4) is 0 Å². The van der Waals surface area contributed by atoms with E-state index in [1.807, 2.05) is 44.5 Å². The summed E-state index contributed by atoms with van der Waals surface area (Å²) in [4.78, 5) is 12.0. The highest BCUT2D eigenvalue weighted by atomic mass is 35.5. The van der Waals surface area contributed by atoms with Gasteiger partial charge in [-0.1, -0.05) is 56.3 Å². The van der Waals surface area contributed by atoms with Crippen molar-refractivity contribution in [2.45, 2.75) is 32.5 Å². The highest BCUT2D eigenvalue weighted by molar-refractivity contribution is 7.99. The van der Waals surface area contributed by atoms with Crippen molar-refractivity contribution in [2.24, 2.45) is 12.5 Å². The van der Waals surface area contributed by atoms with Gasteiger partial charge < -0.3 is 9.30 Å². The number of hydrogen-bond acceptors (Lipinski definition) is 5. The van der Waals surface area contributed by atoms with Crippen molar-refractivity contribution < 1.29 is 9.53 Å². The minimum Gasteiger partial charge on any atom is -0.484 e. The van der Waals surface area contributed by atoms with Gasteiger partial charge in [-0.15, -0.1) is 10.2 Å². The highest BCUT2D eigenvalue weighted by Crippen LogP contribution is 2.25. The Labute approximate surface area is 145 Å². The summed E-state index contributed by atoms with van der Waals surface area (Å²) in [5.74, 6) is 1.84. The molecule has 0 spiro atoms. The van der Waals surface area contributed by atoms with Crippen molar-refractivity contribution >= 4 is 29.1 Å². The minimum absolute atomic E-state index is 0.180. The number of Topliss-reactive ketones (excluding diaryl/α,β-unsaturated/α-hetero) is 1. The number of thioether (sulfide) groups is 1. The SMILES string of the molecule is Cn1c(COc2ccccc2Cl)nnc1SCC(=O)C(C)(C)C. The van der Waals surface area contributed by atoms with Gasteiger partial charge in [0.25, 0.3) is 0 Å². The monoisotopic (exact) mass is 353 g/mol. The van der Waals surface area contributed by atoms with Gasteiger partial charge in [0.05, 0.1) is 10.8 Å². The number of hydrogen-bond donors (Lipinski definition) is 0. The number of ether oxygens (including phenoxy) is 1. The first-order valence-corrected chi connectivity index (χ1v) is 8.57. The first kappa shape index (κ1) is 17.8. The van der Waals surface area contributed by atoms with Crippen LogP contribution in [0.25, 0.3) is 0 Å². The van der Waals surface area contributed by atoms with Crippen LogP contribution in [0, 0.1) is 5.41 Å². The fourth-order valence-corrected chi connectivity index (χ4v) is 2.93. The second kappa shape index (κ2) is 7.36. The Morgan fingerprint density at radius 3 is 2.65 bits per heavy atom. The minimum atomic E-state index is -0.346. The maximum absolute atomic E-state index is 12.0. The van der Waals surface area contributed by atoms with Crippen molar-refractivity contribution in [1.82, 2.24) is 14.8 Å². The van der Waals surface area contributed by atoms with Crippen LogP contribution in [0.4, 0.5) is 0 Å². The van der Waals surface area contributed by atoms with E-state index in [-0.39, 0.29) is 17.8 Å². The van der Waals surface area contributed by atoms with Crippen molar-refractivity contribution in [1.29, 1.82) is 0 Å². The van der Waals surface area contributed by atoms with Gasteiger partial charge in [0.15, 0.2) is 11.0 Å². The van der Waals surface area contributed by atoms with E-state index < -0.39 is 0 Å². The summed E-state index contributed by atoms with van der Waals surface area (Å²) in [6.45, 7) is 6.00. The zero-order chi connectivity index (χ0) is 17.0. The maximum Gasteiger partial charge on any atom is 0.191 e. The highest BCUT2D eigenvalue weighted by Gasteiger charge is 2.22. The largest absolute Gasteiger partial charge is 0.484 e. The van der Waals surface area contributed by atoms with E-state index >= 15 is 0 Å². The lowest BCUT2D eigenvalue weighted by Gasteiger charge is -2.15. The van der Waals surface area contributed by atoms with Crippen LogP contribution in [-0.4, -0.2) is 26.3 Å². The molecule has 5 nitrogen and oxygen atoms in total. The number of para-hydroxylation sites is 1. The Morgan fingerprint density at radius 1 is 1.30 bits per heavy atom. The van der Waals surface area contributed by atoms with Gasteiger partial charge in [-0.25, -0.2) is 0 Å². The number of aromatic nitrogens is 3. The molecule has 0 fully saturated rings. The quantitative estimate of drug-likeness (QED) is 0.740. The predicted octanol–water partition coefficient (Wildman–Crippen LogP) is 3.75. The molecule has 0 bridgehead atoms. The van der Waals surface area contributed by atoms with Gasteiger partial charge in [-0.3, -0.25) is 4.79 Å². The molecule has 0 saturated heterocycles. The van der Waals surface area contributed by atoms with E-state index in [0.29, 0.717) is 27.5 Å². The average molecular weight is 354 g/mol. The Bertz CT molecular complexity index is 695. The van der Waals surface area contributed by atoms with Crippen molar-refractivity contribution in [2.75, 3.05) is 5.75 Å². The lowest BCUT2D eigenvalue weighted by atomic mass is 9.92. The standard InChI is InChI=1S/C16H20ClN3O2S/c1-16(2,3)13(21)10-23-15-19-18-14(20(15)4)9-22-12-8-6-5-7-11(12)17/h5-8H,9-10H2,1-4H3. The maximum atomic E-state index is 12.0. The van der Waals surface area contributed by atoms with Gasteiger partial charge >= 0.3 is 0 Å². The summed E-state index contributed by atoms with van der Waals surface area (Å²) in [5.41, 5.74) is -0.346. The number of carbonyl (C=O) groups is 1. The average Bonchev–Trinajstić information content (AvgIpc) is 2.83. The Kier molecular flexibility index (Phi) is 5.70. The fourth-order valence-electron chi connectivity index (χ4n) is 1.65. The van der Waals surface area contributed by atoms with Crippen molar-refractivity contribution in [3.63, 3.8) is 0 Å². The summed E-state index contributed by atoms with van der Waals surface area (Å²) in [5, 5.41) is 9.48. The molecule has 1 aromatic carbocycles. The topological polar surface area (TPSA) is 57.0 Å². The van der Waals surface area contributed by atoms with Crippen LogP contribution >= 0.6 is 23.4 Å². The summed E-state index contributed by atoms with van der Waals surface area (Å²) in [6, 6.07) is 7.28. The molecule has 0 radical (unpaired) electrons. The van der Waals surface area contributed by atoms with Crippen LogP contribution in [0.15, 0.2) is 29.4 Å². The van der Waals surface area contributed by atoms with Crippen LogP contribution in [0.2, 0.25) is 5.02 Å². The Hall–Kier alpha value is -1.53. The second-order valence-electron chi connectivity index (χ2n) is 6.14. The normalized spacial score (nSPS) is 11.5. The van der Waals surface area contributed by atoms with Gasteiger partial charge in [-0.2, -0.15) is 0 Å². The van der Waals surface area contributed by atoms with Gasteiger partial charge in [0.1, 0.15) is 18.1 Å². The Balaban J connectivity index is 1.97. The fraction of sp³-hybridized carbons (Fsp3) is 0.438. The molecule has 0 saturated carbocycles. The lowest BCUT2D eigenvalue weighted by molar-refractivity contribution is -0.123. The first-order chi connectivity index (χ1) is 10.8. The predicted molar refractivity (Wildman–Crippen MR) is 92.0 cm³/mol. The smallest absolute Gasteiger partial charge is 0.191 e. The molecular weight excluding hydrogens is 334 g/mol. The van der Waals surface area contributed by atoms with E-state index in [0.717, 1.165) is 0 Å². The van der Waals surface area contributed by atoms with E-state index in [2.05, 4.69) is 10.2 Å². The number of halogens is 1. The van der Waals surface area contributed by atoms with Crippen LogP contribution < -0.4 is 4.74 Å². The van der Waals surface area contributed by atoms with Crippen LogP contribution in [0.1, 0.15) is 26.6 Å². The molecule has 0 amide bonds. The summed E-state index contributed by atoms with van der Waals surface area (Å²) >= 11 is 7.44. The molecule has 0 N–H and O–H groups in total. The van der Waals surface area contributed by atoms with Gasteiger partial charge in [0.2, 0.25) is 0 Å². The van der Waals surface area contributed by atoms with E-state index in [4.69, 9.17) is 16.3 Å². The molecule has 124 valence electrons. The molecule has 0 aliphatic heterocycles. The van der Waals surface area contributed by atoms with Gasteiger partial charge in [-0.05, 0) is 12.1 Å². The number of benzene rings is 1. The molecule has 0 aliphatic rings. The molecule has 7 heteroatoms. The lowest BCUT2D eigenvalue weighted by Crippen LogP contribution is -2.22. The van der Waals surface area contributed by atoms with Crippen molar-refractivity contribution in [3.05, 3.63) is 35.1 Å². The number of rotatable bonds is 6. The van der Waals surface area contributed by atoms with Crippen LogP contribution in [-0.2, 0) is 18.4 Å². The van der Waals surface area contributed by atoms with E-state index in [1.165, 1.54) is 11.8 Å². The van der Waals surface area contributed by atoms with Crippen molar-refractivity contribution in [3.8, 4) is 5.75 Å². The third-order valence-electron chi connectivity index (χ3n) is 3.29. The molecule has 0 unspecified atom stereocenters. The van der Waals surface area contributed by atoms with Gasteiger partial charge in [0, 0.05) is 12.5 Å². The summed E-state index contributed by atoms with van der Waals surface area (Å²) in [6.07, 6.45) is 0. The Morgan fingerprint density at radius 2 is 2.00 bits per heavy atom. The molecule has 1 heterocycles. The number of nitrogens with zero attached hydrogens (tertiary/aromatic N) is 3. The molecule has 0 atom stereocenters. The first-order valence-electron chi connectivity index (χ1n) is 7.20. The van der Waals surface area contributed by atoms with Crippen LogP contribution in [0.5, 0.6) is 5.75 Å². The molecule has 2 aromatic rings. The number of ketones is 1. The van der Waals surface area contributed by atoms with E-state index in [9.17, 15) is 4.79 Å². The summed E-state index contributed by atoms with van der Waals surface area (Å²) < 4.78 is 7.50. The molecule has 2 rings (SSSR count). The second-order valence-corrected chi connectivity index (χ2v) is 7.49. The summed E-state index contributed by atoms with van der Waals surface area (Å²) in [7, 11) is 1.86. The molecule has 0 aliphatic carbocycles. The molecule has 1 aromatic heterocycles. The zero-order valence-electron chi connectivity index (χ0n) is 13.7. The third kappa shape index (κ3) is 4.72. The third-order valence-corrected chi connectivity index (χ3v) is 4.62.